The lowest BCUT2D eigenvalue weighted by atomic mass is 9.77. The molecule has 2 rings (SSSR count). The standard InChI is InChI=1S/C12H12BrNO/c13-11-5-2-1-4-10(11)12(8-14)6-3-7-15-9-12/h1-2,4-5H,3,6-7,9H2. The van der Waals surface area contributed by atoms with E-state index < -0.39 is 5.41 Å². The molecule has 1 unspecified atom stereocenters. The lowest BCUT2D eigenvalue weighted by molar-refractivity contribution is 0.0560. The van der Waals surface area contributed by atoms with E-state index in [1.807, 2.05) is 24.3 Å². The van der Waals surface area contributed by atoms with E-state index in [0.717, 1.165) is 29.5 Å². The van der Waals surface area contributed by atoms with E-state index >= 15 is 0 Å². The van der Waals surface area contributed by atoms with Crippen LogP contribution in [0.1, 0.15) is 18.4 Å². The Labute approximate surface area is 98.0 Å². The molecule has 15 heavy (non-hydrogen) atoms. The number of nitriles is 1. The molecule has 0 bridgehead atoms. The summed E-state index contributed by atoms with van der Waals surface area (Å²) in [4.78, 5) is 0. The number of halogens is 1. The van der Waals surface area contributed by atoms with E-state index in [1.165, 1.54) is 0 Å². The van der Waals surface area contributed by atoms with Gasteiger partial charge in [-0.05, 0) is 24.5 Å². The summed E-state index contributed by atoms with van der Waals surface area (Å²) in [6.45, 7) is 1.28. The third-order valence-electron chi connectivity index (χ3n) is 2.84. The zero-order chi connectivity index (χ0) is 10.7. The van der Waals surface area contributed by atoms with E-state index in [-0.39, 0.29) is 0 Å². The highest BCUT2D eigenvalue weighted by Gasteiger charge is 2.36. The van der Waals surface area contributed by atoms with Crippen LogP contribution >= 0.6 is 15.9 Å². The molecule has 1 aromatic rings. The van der Waals surface area contributed by atoms with Crippen molar-refractivity contribution in [2.75, 3.05) is 13.2 Å². The Bertz CT molecular complexity index is 391. The lowest BCUT2D eigenvalue weighted by Gasteiger charge is -2.31. The quantitative estimate of drug-likeness (QED) is 0.782. The van der Waals surface area contributed by atoms with Gasteiger partial charge in [-0.3, -0.25) is 0 Å². The fourth-order valence-corrected chi connectivity index (χ4v) is 2.67. The maximum atomic E-state index is 9.37. The van der Waals surface area contributed by atoms with Crippen LogP contribution < -0.4 is 0 Å². The minimum atomic E-state index is -0.460. The third kappa shape index (κ3) is 1.92. The molecular weight excluding hydrogens is 254 g/mol. The Morgan fingerprint density at radius 1 is 1.40 bits per heavy atom. The molecule has 0 saturated carbocycles. The van der Waals surface area contributed by atoms with Gasteiger partial charge in [0.15, 0.2) is 0 Å². The van der Waals surface area contributed by atoms with Crippen molar-refractivity contribution in [1.29, 1.82) is 5.26 Å². The summed E-state index contributed by atoms with van der Waals surface area (Å²) in [7, 11) is 0. The van der Waals surface area contributed by atoms with Crippen LogP contribution in [0.3, 0.4) is 0 Å². The van der Waals surface area contributed by atoms with Gasteiger partial charge in [0.25, 0.3) is 0 Å². The second-order valence-corrected chi connectivity index (χ2v) is 4.68. The summed E-state index contributed by atoms with van der Waals surface area (Å²) in [5, 5.41) is 9.37. The number of rotatable bonds is 1. The van der Waals surface area contributed by atoms with Gasteiger partial charge in [-0.25, -0.2) is 0 Å². The molecule has 3 heteroatoms. The minimum absolute atomic E-state index is 0.460. The smallest absolute Gasteiger partial charge is 0.107 e. The molecule has 0 N–H and O–H groups in total. The van der Waals surface area contributed by atoms with Gasteiger partial charge in [-0.1, -0.05) is 34.1 Å². The van der Waals surface area contributed by atoms with Crippen LogP contribution in [0.25, 0.3) is 0 Å². The van der Waals surface area contributed by atoms with Gasteiger partial charge in [-0.2, -0.15) is 5.26 Å². The molecule has 0 aromatic heterocycles. The van der Waals surface area contributed by atoms with Gasteiger partial charge >= 0.3 is 0 Å². The molecule has 0 radical (unpaired) electrons. The lowest BCUT2D eigenvalue weighted by Crippen LogP contribution is -2.34. The first kappa shape index (κ1) is 10.7. The topological polar surface area (TPSA) is 33.0 Å². The highest BCUT2D eigenvalue weighted by Crippen LogP contribution is 2.36. The molecule has 1 aliphatic heterocycles. The van der Waals surface area contributed by atoms with Crippen molar-refractivity contribution in [2.24, 2.45) is 0 Å². The first-order valence-corrected chi connectivity index (χ1v) is 5.82. The average molecular weight is 266 g/mol. The molecule has 78 valence electrons. The maximum Gasteiger partial charge on any atom is 0.107 e. The SMILES string of the molecule is N#CC1(c2ccccc2Br)CCCOC1. The van der Waals surface area contributed by atoms with Crippen LogP contribution in [-0.2, 0) is 10.2 Å². The van der Waals surface area contributed by atoms with Crippen molar-refractivity contribution in [1.82, 2.24) is 0 Å². The first-order valence-electron chi connectivity index (χ1n) is 5.02. The molecule has 0 aliphatic carbocycles. The van der Waals surface area contributed by atoms with Crippen molar-refractivity contribution in [2.45, 2.75) is 18.3 Å². The summed E-state index contributed by atoms with van der Waals surface area (Å²) in [6, 6.07) is 10.3. The van der Waals surface area contributed by atoms with Crippen molar-refractivity contribution >= 4 is 15.9 Å². The van der Waals surface area contributed by atoms with Gasteiger partial charge in [-0.15, -0.1) is 0 Å². The Hall–Kier alpha value is -0.850. The van der Waals surface area contributed by atoms with E-state index in [0.29, 0.717) is 6.61 Å². The molecule has 1 heterocycles. The predicted molar refractivity (Wildman–Crippen MR) is 61.5 cm³/mol. The summed E-state index contributed by atoms with van der Waals surface area (Å²) in [6.07, 6.45) is 1.83. The second kappa shape index (κ2) is 4.34. The van der Waals surface area contributed by atoms with Crippen molar-refractivity contribution < 1.29 is 4.74 Å². The third-order valence-corrected chi connectivity index (χ3v) is 3.54. The van der Waals surface area contributed by atoms with E-state index in [2.05, 4.69) is 22.0 Å². The summed E-state index contributed by atoms with van der Waals surface area (Å²) in [5.74, 6) is 0. The van der Waals surface area contributed by atoms with Crippen LogP contribution in [0.2, 0.25) is 0 Å². The molecule has 1 aliphatic rings. The first-order chi connectivity index (χ1) is 7.28. The van der Waals surface area contributed by atoms with Crippen molar-refractivity contribution in [3.63, 3.8) is 0 Å². The van der Waals surface area contributed by atoms with Crippen molar-refractivity contribution in [3.8, 4) is 6.07 Å². The molecule has 1 fully saturated rings. The Morgan fingerprint density at radius 2 is 2.20 bits per heavy atom. The Kier molecular flexibility index (Phi) is 3.08. The van der Waals surface area contributed by atoms with Gasteiger partial charge in [0.05, 0.1) is 12.7 Å². The largest absolute Gasteiger partial charge is 0.379 e. The van der Waals surface area contributed by atoms with Gasteiger partial charge < -0.3 is 4.74 Å². The zero-order valence-electron chi connectivity index (χ0n) is 8.37. The predicted octanol–water partition coefficient (Wildman–Crippen LogP) is 3.02. The molecule has 1 atom stereocenters. The summed E-state index contributed by atoms with van der Waals surface area (Å²) >= 11 is 3.50. The number of nitrogens with zero attached hydrogens (tertiary/aromatic N) is 1. The van der Waals surface area contributed by atoms with Crippen LogP contribution in [0.15, 0.2) is 28.7 Å². The number of ether oxygens (including phenoxy) is 1. The normalized spacial score (nSPS) is 25.9. The van der Waals surface area contributed by atoms with E-state index in [4.69, 9.17) is 4.74 Å². The highest BCUT2D eigenvalue weighted by molar-refractivity contribution is 9.10. The highest BCUT2D eigenvalue weighted by atomic mass is 79.9. The fourth-order valence-electron chi connectivity index (χ4n) is 2.00. The molecular formula is C12H12BrNO. The van der Waals surface area contributed by atoms with Gasteiger partial charge in [0.2, 0.25) is 0 Å². The zero-order valence-corrected chi connectivity index (χ0v) is 9.96. The Morgan fingerprint density at radius 3 is 2.80 bits per heavy atom. The molecule has 0 amide bonds. The molecule has 0 spiro atoms. The number of benzene rings is 1. The van der Waals surface area contributed by atoms with Crippen molar-refractivity contribution in [3.05, 3.63) is 34.3 Å². The van der Waals surface area contributed by atoms with Crippen LogP contribution in [-0.4, -0.2) is 13.2 Å². The fraction of sp³-hybridized carbons (Fsp3) is 0.417. The minimum Gasteiger partial charge on any atom is -0.379 e. The monoisotopic (exact) mass is 265 g/mol. The van der Waals surface area contributed by atoms with Crippen LogP contribution in [0.4, 0.5) is 0 Å². The summed E-state index contributed by atoms with van der Waals surface area (Å²) in [5.41, 5.74) is 0.588. The van der Waals surface area contributed by atoms with Gasteiger partial charge in [0.1, 0.15) is 5.41 Å². The maximum absolute atomic E-state index is 9.37. The summed E-state index contributed by atoms with van der Waals surface area (Å²) < 4.78 is 6.44. The number of hydrogen-bond donors (Lipinski definition) is 0. The van der Waals surface area contributed by atoms with Crippen LogP contribution in [0.5, 0.6) is 0 Å². The Balaban J connectivity index is 2.42. The molecule has 1 aromatic carbocycles. The van der Waals surface area contributed by atoms with Crippen LogP contribution in [0, 0.1) is 11.3 Å². The second-order valence-electron chi connectivity index (χ2n) is 3.83. The van der Waals surface area contributed by atoms with Gasteiger partial charge in [0, 0.05) is 11.1 Å². The molecule has 2 nitrogen and oxygen atoms in total. The number of hydrogen-bond acceptors (Lipinski definition) is 2. The van der Waals surface area contributed by atoms with E-state index in [1.54, 1.807) is 0 Å². The molecule has 1 saturated heterocycles. The average Bonchev–Trinajstić information content (AvgIpc) is 2.30. The van der Waals surface area contributed by atoms with E-state index in [9.17, 15) is 5.26 Å².